The molecule has 6 nitrogen and oxygen atoms in total. The van der Waals surface area contributed by atoms with E-state index in [1.165, 1.54) is 20.1 Å². The number of thiol groups is 1. The van der Waals surface area contributed by atoms with Crippen LogP contribution in [0.4, 0.5) is 5.69 Å². The van der Waals surface area contributed by atoms with Crippen molar-refractivity contribution >= 4 is 18.3 Å². The van der Waals surface area contributed by atoms with Gasteiger partial charge in [-0.1, -0.05) is 0 Å². The fraction of sp³-hybridized carbons (Fsp3) is 0.600. The zero-order chi connectivity index (χ0) is 17.1. The molecule has 0 saturated heterocycles. The molecule has 0 unspecified atom stereocenters. The van der Waals surface area contributed by atoms with Crippen LogP contribution in [0.15, 0.2) is 12.1 Å². The Morgan fingerprint density at radius 1 is 1.22 bits per heavy atom. The number of nitrogens with zero attached hydrogens (tertiary/aromatic N) is 1. The number of rotatable bonds is 12. The summed E-state index contributed by atoms with van der Waals surface area (Å²) in [4.78, 5) is 10.9. The van der Waals surface area contributed by atoms with E-state index >= 15 is 0 Å². The first-order valence-electron chi connectivity index (χ1n) is 7.60. The summed E-state index contributed by atoms with van der Waals surface area (Å²) in [5, 5.41) is 11.3. The minimum atomic E-state index is -0.408. The van der Waals surface area contributed by atoms with Crippen molar-refractivity contribution < 1.29 is 19.1 Å². The third kappa shape index (κ3) is 6.04. The van der Waals surface area contributed by atoms with Crippen molar-refractivity contribution in [1.29, 1.82) is 0 Å². The first-order valence-corrected chi connectivity index (χ1v) is 12.8. The van der Waals surface area contributed by atoms with Crippen molar-refractivity contribution in [2.24, 2.45) is 0 Å². The van der Waals surface area contributed by atoms with Crippen LogP contribution in [-0.4, -0.2) is 31.0 Å². The van der Waals surface area contributed by atoms with Crippen LogP contribution in [0, 0.1) is 10.1 Å². The molecular weight excluding hydrogens is 573 g/mol. The van der Waals surface area contributed by atoms with E-state index in [2.05, 4.69) is 12.6 Å². The Hall–Kier alpha value is -2.47. The van der Waals surface area contributed by atoms with Crippen molar-refractivity contribution in [3.8, 4) is 11.5 Å². The molecule has 23 heavy (non-hydrogen) atoms. The Morgan fingerprint density at radius 2 is 2.00 bits per heavy atom. The molecular formula is C15H22NO5RfS. The van der Waals surface area contributed by atoms with E-state index in [4.69, 9.17) is 14.2 Å². The summed E-state index contributed by atoms with van der Waals surface area (Å²) in [6, 6.07) is 3.07. The molecule has 0 aliphatic rings. The first-order chi connectivity index (χ1) is 11.1. The summed E-state index contributed by atoms with van der Waals surface area (Å²) in [6.07, 6.45) is 2.82. The van der Waals surface area contributed by atoms with Crippen LogP contribution >= 0.6 is 12.6 Å². The van der Waals surface area contributed by atoms with Gasteiger partial charge >= 0.3 is 111 Å². The second-order valence-electron chi connectivity index (χ2n) is 4.93. The molecule has 0 amide bonds. The number of nitro groups is 1. The molecule has 0 aliphatic carbocycles. The number of nitro benzene ring substituents is 1. The van der Waals surface area contributed by atoms with E-state index in [1.807, 2.05) is 0 Å². The second-order valence-corrected chi connectivity index (χ2v) is 8.57. The summed E-state index contributed by atoms with van der Waals surface area (Å²) in [5.74, 6) is 1.73. The molecule has 0 aromatic heterocycles. The second kappa shape index (κ2) is 10.3. The monoisotopic (exact) mass is 595 g/mol. The van der Waals surface area contributed by atoms with Crippen molar-refractivity contribution in [2.75, 3.05) is 26.1 Å². The van der Waals surface area contributed by atoms with E-state index in [9.17, 15) is 10.1 Å². The van der Waals surface area contributed by atoms with Gasteiger partial charge in [0.15, 0.2) is 0 Å². The van der Waals surface area contributed by atoms with Gasteiger partial charge in [0.2, 0.25) is 0 Å². The van der Waals surface area contributed by atoms with Gasteiger partial charge in [-0.15, -0.1) is 0 Å². The summed E-state index contributed by atoms with van der Waals surface area (Å²) < 4.78 is 17.1. The van der Waals surface area contributed by atoms with E-state index < -0.39 is 4.92 Å². The predicted octanol–water partition coefficient (Wildman–Crippen LogP) is 3.57. The summed E-state index contributed by atoms with van der Waals surface area (Å²) in [5.41, 5.74) is 0.502. The topological polar surface area (TPSA) is 70.8 Å². The number of hydrogen-bond donors (Lipinski definition) is 1. The van der Waals surface area contributed by atoms with E-state index in [1.54, 1.807) is 6.07 Å². The van der Waals surface area contributed by atoms with Crippen LogP contribution in [-0.2, 0) is 11.3 Å². The first kappa shape index (κ1) is 18.6. The minimum absolute atomic E-state index is 0.00520. The Labute approximate surface area is 136 Å². The Bertz CT molecular complexity index is 501. The molecule has 0 atom stereocenters. The number of methoxy groups -OCH3 is 1. The molecule has 1 rings (SSSR count). The molecule has 1 aromatic rings. The van der Waals surface area contributed by atoms with Crippen LogP contribution in [0.25, 0.3) is 0 Å². The number of benzene rings is 1. The standard InChI is InChI=1S/C15H22NO5S.Rf/c1-3-6-21-15-10-13(16(17)18)12(9-14(15)19-2)11-20-7-4-5-8-22;/h9-10,22H,1,3-8,11H2,2H3;. The SMILES string of the molecule is COc1cc(COCCCCS)c([N+](=O)[O-])cc1OCC[CH2][Rf]. The zero-order valence-electron chi connectivity index (χ0n) is 13.5. The third-order valence-corrected chi connectivity index (χ3v) is 5.75. The number of hydrogen-bond acceptors (Lipinski definition) is 6. The van der Waals surface area contributed by atoms with E-state index in [0.29, 0.717) is 30.3 Å². The molecule has 0 spiro atoms. The fourth-order valence-corrected chi connectivity index (χ4v) is 3.08. The van der Waals surface area contributed by atoms with Crippen LogP contribution in [0.2, 0.25) is 6.92 Å². The quantitative estimate of drug-likeness (QED) is 0.173. The average Bonchev–Trinajstić information content (AvgIpc) is 2.55. The van der Waals surface area contributed by atoms with E-state index in [-0.39, 0.29) is 12.3 Å². The molecule has 0 radical (unpaired) electrons. The fourth-order valence-electron chi connectivity index (χ4n) is 1.93. The van der Waals surface area contributed by atoms with Crippen LogP contribution in [0.1, 0.15) is 24.8 Å². The van der Waals surface area contributed by atoms with E-state index in [0.717, 1.165) is 25.0 Å². The molecule has 8 heteroatoms. The van der Waals surface area contributed by atoms with Gasteiger partial charge in [-0.2, -0.15) is 12.6 Å². The third-order valence-electron chi connectivity index (χ3n) is 3.17. The maximum atomic E-state index is 11.3. The van der Waals surface area contributed by atoms with Crippen molar-refractivity contribution in [3.05, 3.63) is 27.8 Å². The van der Waals surface area contributed by atoms with Crippen molar-refractivity contribution in [3.63, 3.8) is 0 Å². The molecule has 0 saturated carbocycles. The maximum absolute atomic E-state index is 11.3. The molecule has 0 bridgehead atoms. The molecule has 0 fully saturated rings. The van der Waals surface area contributed by atoms with Gasteiger partial charge in [0.25, 0.3) is 0 Å². The average molecular weight is 595 g/mol. The van der Waals surface area contributed by atoms with Gasteiger partial charge in [-0.05, 0) is 12.2 Å². The van der Waals surface area contributed by atoms with Crippen LogP contribution < -0.4 is 9.47 Å². The Balaban J connectivity index is 2.84. The van der Waals surface area contributed by atoms with Crippen LogP contribution in [0.5, 0.6) is 11.5 Å². The Morgan fingerprint density at radius 3 is 2.61 bits per heavy atom. The number of unbranched alkanes of at least 4 members (excludes halogenated alkanes) is 1. The molecule has 0 heterocycles. The summed E-state index contributed by atoms with van der Waals surface area (Å²) in [6.45, 7) is 2.49. The van der Waals surface area contributed by atoms with Gasteiger partial charge in [-0.3, -0.25) is 0 Å². The number of ether oxygens (including phenoxy) is 3. The molecule has 0 aliphatic heterocycles. The predicted molar refractivity (Wildman–Crippen MR) is 87.3 cm³/mol. The molecule has 125 valence electrons. The summed E-state index contributed by atoms with van der Waals surface area (Å²) >= 11 is 4.14. The van der Waals surface area contributed by atoms with Crippen molar-refractivity contribution in [2.45, 2.75) is 32.8 Å². The van der Waals surface area contributed by atoms with Gasteiger partial charge in [0, 0.05) is 0 Å². The van der Waals surface area contributed by atoms with Gasteiger partial charge in [0.05, 0.1) is 0 Å². The van der Waals surface area contributed by atoms with Gasteiger partial charge in [-0.25, -0.2) is 0 Å². The van der Waals surface area contributed by atoms with Crippen molar-refractivity contribution in [1.82, 2.24) is 0 Å². The van der Waals surface area contributed by atoms with Crippen LogP contribution in [0.3, 0.4) is 0 Å². The molecule has 0 N–H and O–H groups in total. The van der Waals surface area contributed by atoms with Gasteiger partial charge in [0.1, 0.15) is 0 Å². The molecule has 1 aromatic carbocycles. The summed E-state index contributed by atoms with van der Waals surface area (Å²) in [7, 11) is 1.53. The van der Waals surface area contributed by atoms with Gasteiger partial charge < -0.3 is 0 Å². The zero-order valence-corrected chi connectivity index (χ0v) is 20.7. The normalized spacial score (nSPS) is 10.6. The Kier molecular flexibility index (Phi) is 8.31.